The van der Waals surface area contributed by atoms with Crippen molar-refractivity contribution in [2.75, 3.05) is 0 Å². The fourth-order valence-corrected chi connectivity index (χ4v) is 0.862. The van der Waals surface area contributed by atoms with Crippen molar-refractivity contribution in [3.8, 4) is 0 Å². The van der Waals surface area contributed by atoms with E-state index in [1.54, 1.807) is 0 Å². The van der Waals surface area contributed by atoms with E-state index in [0.717, 1.165) is 11.1 Å². The van der Waals surface area contributed by atoms with Crippen LogP contribution in [0.4, 0.5) is 0 Å². The third kappa shape index (κ3) is 2.03. The average Bonchev–Trinajstić information content (AvgIpc) is 2.07. The van der Waals surface area contributed by atoms with Gasteiger partial charge in [0.15, 0.2) is 0 Å². The van der Waals surface area contributed by atoms with Crippen molar-refractivity contribution in [2.24, 2.45) is 5.73 Å². The summed E-state index contributed by atoms with van der Waals surface area (Å²) in [6.07, 6.45) is 0. The molecule has 1 rings (SSSR count). The highest BCUT2D eigenvalue weighted by Gasteiger charge is 1.98. The molecular weight excluding hydrogens is 138 g/mol. The molecule has 0 unspecified atom stereocenters. The minimum atomic E-state index is 0.352. The van der Waals surface area contributed by atoms with Gasteiger partial charge in [0.1, 0.15) is 4.98 Å². The van der Waals surface area contributed by atoms with Gasteiger partial charge in [-0.15, -0.1) is 0 Å². The lowest BCUT2D eigenvalue weighted by atomic mass is 10.1. The normalized spacial score (nSPS) is 9.09. The van der Waals surface area contributed by atoms with Crippen LogP contribution < -0.4 is 5.73 Å². The molecule has 11 heavy (non-hydrogen) atoms. The second-order valence-corrected chi connectivity index (χ2v) is 2.32. The SMILES string of the molecule is N#[N+]Cc1ccc(CN)cc1. The Kier molecular flexibility index (Phi) is 2.59. The van der Waals surface area contributed by atoms with E-state index in [9.17, 15) is 0 Å². The van der Waals surface area contributed by atoms with Crippen molar-refractivity contribution in [1.29, 1.82) is 5.39 Å². The van der Waals surface area contributed by atoms with Crippen molar-refractivity contribution < 1.29 is 0 Å². The Morgan fingerprint density at radius 1 is 1.18 bits per heavy atom. The number of hydrogen-bond donors (Lipinski definition) is 1. The predicted molar refractivity (Wildman–Crippen MR) is 43.1 cm³/mol. The highest BCUT2D eigenvalue weighted by molar-refractivity contribution is 5.22. The van der Waals surface area contributed by atoms with Crippen LogP contribution in [0.25, 0.3) is 4.98 Å². The molecule has 3 heteroatoms. The first-order valence-electron chi connectivity index (χ1n) is 3.45. The van der Waals surface area contributed by atoms with Gasteiger partial charge in [0.25, 0.3) is 0 Å². The molecule has 56 valence electrons. The summed E-state index contributed by atoms with van der Waals surface area (Å²) in [5.41, 5.74) is 7.48. The lowest BCUT2D eigenvalue weighted by Gasteiger charge is -1.93. The maximum absolute atomic E-state index is 8.25. The van der Waals surface area contributed by atoms with Crippen molar-refractivity contribution in [3.05, 3.63) is 40.4 Å². The lowest BCUT2D eigenvalue weighted by molar-refractivity contribution is 1.06. The number of hydrogen-bond acceptors (Lipinski definition) is 2. The molecule has 0 aliphatic heterocycles. The Hall–Kier alpha value is -1.40. The topological polar surface area (TPSA) is 54.2 Å². The summed E-state index contributed by atoms with van der Waals surface area (Å²) in [5.74, 6) is 0. The molecule has 0 bridgehead atoms. The molecule has 0 aliphatic rings. The number of benzene rings is 1. The van der Waals surface area contributed by atoms with Crippen LogP contribution in [0.2, 0.25) is 0 Å². The van der Waals surface area contributed by atoms with E-state index in [1.165, 1.54) is 0 Å². The summed E-state index contributed by atoms with van der Waals surface area (Å²) < 4.78 is 0. The van der Waals surface area contributed by atoms with Crippen molar-refractivity contribution in [3.63, 3.8) is 0 Å². The van der Waals surface area contributed by atoms with E-state index in [2.05, 4.69) is 4.98 Å². The van der Waals surface area contributed by atoms with Crippen molar-refractivity contribution in [2.45, 2.75) is 13.1 Å². The zero-order valence-corrected chi connectivity index (χ0v) is 6.20. The minimum absolute atomic E-state index is 0.352. The number of nitrogens with two attached hydrogens (primary N) is 1. The van der Waals surface area contributed by atoms with Gasteiger partial charge < -0.3 is 5.73 Å². The van der Waals surface area contributed by atoms with Crippen LogP contribution in [-0.4, -0.2) is 0 Å². The molecule has 0 spiro atoms. The minimum Gasteiger partial charge on any atom is -0.326 e. The van der Waals surface area contributed by atoms with Crippen LogP contribution >= 0.6 is 0 Å². The zero-order valence-electron chi connectivity index (χ0n) is 6.20. The molecule has 2 N–H and O–H groups in total. The smallest absolute Gasteiger partial charge is 0.326 e. The maximum atomic E-state index is 8.25. The molecular formula is C8H10N3+. The summed E-state index contributed by atoms with van der Waals surface area (Å²) in [6, 6.07) is 7.67. The first-order valence-corrected chi connectivity index (χ1v) is 3.45. The van der Waals surface area contributed by atoms with Crippen LogP contribution in [0.5, 0.6) is 0 Å². The number of nitrogens with zero attached hydrogens (tertiary/aromatic N) is 2. The van der Waals surface area contributed by atoms with Crippen LogP contribution in [0, 0.1) is 5.39 Å². The second-order valence-electron chi connectivity index (χ2n) is 2.32. The van der Waals surface area contributed by atoms with Gasteiger partial charge in [0, 0.05) is 12.1 Å². The monoisotopic (exact) mass is 148 g/mol. The van der Waals surface area contributed by atoms with Gasteiger partial charge in [0.2, 0.25) is 5.39 Å². The fraction of sp³-hybridized carbons (Fsp3) is 0.250. The second kappa shape index (κ2) is 3.69. The van der Waals surface area contributed by atoms with E-state index in [0.29, 0.717) is 13.1 Å². The van der Waals surface area contributed by atoms with E-state index >= 15 is 0 Å². The molecule has 3 nitrogen and oxygen atoms in total. The number of rotatable bonds is 2. The first kappa shape index (κ1) is 7.70. The van der Waals surface area contributed by atoms with Gasteiger partial charge in [-0.1, -0.05) is 24.3 Å². The fourth-order valence-electron chi connectivity index (χ4n) is 0.862. The van der Waals surface area contributed by atoms with Gasteiger partial charge >= 0.3 is 6.54 Å². The molecule has 0 fully saturated rings. The lowest BCUT2D eigenvalue weighted by Crippen LogP contribution is -1.95. The molecule has 0 aromatic heterocycles. The van der Waals surface area contributed by atoms with Gasteiger partial charge in [-0.2, -0.15) is 0 Å². The number of diazo groups is 1. The molecule has 0 heterocycles. The van der Waals surface area contributed by atoms with E-state index in [4.69, 9.17) is 11.1 Å². The molecule has 0 radical (unpaired) electrons. The van der Waals surface area contributed by atoms with E-state index < -0.39 is 0 Å². The van der Waals surface area contributed by atoms with E-state index in [1.807, 2.05) is 24.3 Å². The van der Waals surface area contributed by atoms with Crippen molar-refractivity contribution in [1.82, 2.24) is 0 Å². The van der Waals surface area contributed by atoms with Crippen LogP contribution in [0.3, 0.4) is 0 Å². The Balaban J connectivity index is 2.76. The third-order valence-corrected chi connectivity index (χ3v) is 1.51. The third-order valence-electron chi connectivity index (χ3n) is 1.51. The quantitative estimate of drug-likeness (QED) is 0.646. The maximum Gasteiger partial charge on any atom is 0.330 e. The van der Waals surface area contributed by atoms with E-state index in [-0.39, 0.29) is 0 Å². The molecule has 0 amide bonds. The Morgan fingerprint density at radius 3 is 2.18 bits per heavy atom. The highest BCUT2D eigenvalue weighted by atomic mass is 14.8. The van der Waals surface area contributed by atoms with Crippen LogP contribution in [0.15, 0.2) is 24.3 Å². The largest absolute Gasteiger partial charge is 0.330 e. The molecule has 0 saturated heterocycles. The van der Waals surface area contributed by atoms with Gasteiger partial charge in [-0.25, -0.2) is 0 Å². The summed E-state index contributed by atoms with van der Waals surface area (Å²) in [5, 5.41) is 8.25. The molecule has 1 aromatic rings. The molecule has 0 aliphatic carbocycles. The Morgan fingerprint density at radius 2 is 1.73 bits per heavy atom. The molecule has 0 saturated carbocycles. The summed E-state index contributed by atoms with van der Waals surface area (Å²) in [6.45, 7) is 0.904. The van der Waals surface area contributed by atoms with Gasteiger partial charge in [-0.05, 0) is 5.56 Å². The first-order chi connectivity index (χ1) is 5.36. The zero-order chi connectivity index (χ0) is 8.10. The van der Waals surface area contributed by atoms with Gasteiger partial charge in [-0.3, -0.25) is 0 Å². The average molecular weight is 148 g/mol. The summed E-state index contributed by atoms with van der Waals surface area (Å²) in [4.78, 5) is 3.03. The van der Waals surface area contributed by atoms with Gasteiger partial charge in [0.05, 0.1) is 0 Å². The molecule has 1 aromatic carbocycles. The van der Waals surface area contributed by atoms with Crippen LogP contribution in [-0.2, 0) is 13.1 Å². The van der Waals surface area contributed by atoms with Crippen molar-refractivity contribution >= 4 is 0 Å². The molecule has 0 atom stereocenters. The summed E-state index contributed by atoms with van der Waals surface area (Å²) in [7, 11) is 0. The van der Waals surface area contributed by atoms with Crippen LogP contribution in [0.1, 0.15) is 11.1 Å². The predicted octanol–water partition coefficient (Wildman–Crippen LogP) is 1.50. The summed E-state index contributed by atoms with van der Waals surface area (Å²) >= 11 is 0. The highest BCUT2D eigenvalue weighted by Crippen LogP contribution is 2.04. The standard InChI is InChI=1S/C8H10N3/c9-5-7-1-3-8(4-2-7)6-11-10/h1-4H,5-6,9H2/q+1. The Bertz CT molecular complexity index is 258. The Labute approximate surface area is 65.5 Å².